The smallest absolute Gasteiger partial charge is 0.0601 e. The van der Waals surface area contributed by atoms with Gasteiger partial charge in [-0.15, -0.1) is 0 Å². The molecule has 1 aromatic heterocycles. The fourth-order valence-electron chi connectivity index (χ4n) is 6.11. The van der Waals surface area contributed by atoms with Crippen molar-refractivity contribution in [3.63, 3.8) is 0 Å². The average molecular weight is 545 g/mol. The van der Waals surface area contributed by atoms with E-state index < -0.39 is 0 Å². The molecule has 2 nitrogen and oxygen atoms in total. The lowest BCUT2D eigenvalue weighted by Gasteiger charge is -2.33. The van der Waals surface area contributed by atoms with E-state index in [0.717, 1.165) is 0 Å². The molecule has 0 saturated carbocycles. The molecule has 0 radical (unpaired) electrons. The van der Waals surface area contributed by atoms with E-state index in [4.69, 9.17) is 0 Å². The monoisotopic (exact) mass is 544 g/mol. The maximum absolute atomic E-state index is 2.40. The number of rotatable bonds is 3. The molecule has 0 bridgehead atoms. The van der Waals surface area contributed by atoms with Crippen LogP contribution >= 0.6 is 11.8 Å². The van der Waals surface area contributed by atoms with E-state index in [9.17, 15) is 0 Å². The van der Waals surface area contributed by atoms with Crippen LogP contribution in [0.25, 0.3) is 38.6 Å². The molecule has 0 N–H and O–H groups in total. The largest absolute Gasteiger partial charge is 0.309 e. The van der Waals surface area contributed by atoms with Crippen LogP contribution in [0.2, 0.25) is 0 Å². The van der Waals surface area contributed by atoms with Crippen LogP contribution in [-0.4, -0.2) is 4.57 Å². The van der Waals surface area contributed by atoms with Gasteiger partial charge in [0.2, 0.25) is 0 Å². The van der Waals surface area contributed by atoms with Gasteiger partial charge in [0.25, 0.3) is 0 Å². The Morgan fingerprint density at radius 1 is 0.463 bits per heavy atom. The lowest BCUT2D eigenvalue weighted by molar-refractivity contribution is 1.15. The predicted octanol–water partition coefficient (Wildman–Crippen LogP) is 11.0. The van der Waals surface area contributed by atoms with Gasteiger partial charge < -0.3 is 9.47 Å². The summed E-state index contributed by atoms with van der Waals surface area (Å²) in [6, 6.07) is 48.8. The molecule has 1 aliphatic rings. The molecule has 0 saturated heterocycles. The zero-order valence-corrected chi connectivity index (χ0v) is 23.8. The van der Waals surface area contributed by atoms with Crippen LogP contribution < -0.4 is 4.90 Å². The third kappa shape index (κ3) is 3.96. The highest BCUT2D eigenvalue weighted by Gasteiger charge is 2.25. The van der Waals surface area contributed by atoms with Gasteiger partial charge in [0, 0.05) is 31.9 Å². The second-order valence-electron chi connectivity index (χ2n) is 10.8. The van der Waals surface area contributed by atoms with Crippen molar-refractivity contribution in [3.05, 3.63) is 145 Å². The Hall–Kier alpha value is -4.73. The van der Waals surface area contributed by atoms with Gasteiger partial charge in [0.1, 0.15) is 0 Å². The van der Waals surface area contributed by atoms with E-state index in [1.807, 2.05) is 11.8 Å². The number of nitrogens with zero attached hydrogens (tertiary/aromatic N) is 2. The summed E-state index contributed by atoms with van der Waals surface area (Å²) in [5.41, 5.74) is 12.3. The van der Waals surface area contributed by atoms with Gasteiger partial charge in [-0.3, -0.25) is 0 Å². The number of hydrogen-bond donors (Lipinski definition) is 0. The number of aromatic nitrogens is 1. The first-order valence-corrected chi connectivity index (χ1v) is 14.8. The van der Waals surface area contributed by atoms with Crippen LogP contribution in [0.15, 0.2) is 143 Å². The van der Waals surface area contributed by atoms with Crippen molar-refractivity contribution in [1.82, 2.24) is 4.57 Å². The first kappa shape index (κ1) is 24.1. The minimum absolute atomic E-state index is 1.17. The second kappa shape index (κ2) is 9.43. The first-order chi connectivity index (χ1) is 20.1. The molecule has 0 aliphatic carbocycles. The van der Waals surface area contributed by atoms with Crippen LogP contribution in [0, 0.1) is 13.8 Å². The summed E-state index contributed by atoms with van der Waals surface area (Å²) in [7, 11) is 0. The Balaban J connectivity index is 1.23. The summed E-state index contributed by atoms with van der Waals surface area (Å²) < 4.78 is 2.37. The molecule has 0 fully saturated rings. The van der Waals surface area contributed by atoms with Gasteiger partial charge in [-0.05, 0) is 103 Å². The van der Waals surface area contributed by atoms with E-state index in [2.05, 4.69) is 157 Å². The molecule has 0 amide bonds. The van der Waals surface area contributed by atoms with Crippen molar-refractivity contribution in [2.24, 2.45) is 0 Å². The van der Waals surface area contributed by atoms with Crippen molar-refractivity contribution in [1.29, 1.82) is 0 Å². The normalized spacial score (nSPS) is 12.5. The number of aryl methyl sites for hydroxylation is 2. The molecular weight excluding hydrogens is 516 g/mol. The summed E-state index contributed by atoms with van der Waals surface area (Å²) in [4.78, 5) is 5.00. The number of anilines is 3. The van der Waals surface area contributed by atoms with Crippen LogP contribution in [0.1, 0.15) is 11.1 Å². The Morgan fingerprint density at radius 2 is 1.07 bits per heavy atom. The Morgan fingerprint density at radius 3 is 1.78 bits per heavy atom. The van der Waals surface area contributed by atoms with Crippen LogP contribution in [0.3, 0.4) is 0 Å². The van der Waals surface area contributed by atoms with Crippen LogP contribution in [-0.2, 0) is 0 Å². The van der Waals surface area contributed by atoms with Crippen molar-refractivity contribution in [3.8, 4) is 16.8 Å². The standard InChI is InChI=1S/C38H28N2S/c1-25-12-19-35-37(22-25)41-38-23-26(2)13-20-36(38)40(35)30-17-14-27(15-18-30)28-16-21-34-32(24-28)31-10-6-7-11-33(31)39(34)29-8-4-3-5-9-29/h3-24H,1-2H3. The fraction of sp³-hybridized carbons (Fsp3) is 0.0526. The second-order valence-corrected chi connectivity index (χ2v) is 11.9. The SMILES string of the molecule is Cc1ccc2c(c1)Sc1cc(C)ccc1N2c1ccc(-c2ccc3c(c2)c2ccccc2n3-c2ccccc2)cc1. The minimum atomic E-state index is 1.17. The van der Waals surface area contributed by atoms with E-state index in [-0.39, 0.29) is 0 Å². The van der Waals surface area contributed by atoms with Crippen LogP contribution in [0.5, 0.6) is 0 Å². The highest BCUT2D eigenvalue weighted by molar-refractivity contribution is 7.99. The lowest BCUT2D eigenvalue weighted by atomic mass is 10.0. The van der Waals surface area contributed by atoms with Crippen molar-refractivity contribution >= 4 is 50.6 Å². The molecule has 8 rings (SSSR count). The zero-order valence-electron chi connectivity index (χ0n) is 23.0. The highest BCUT2D eigenvalue weighted by Crippen LogP contribution is 2.52. The molecule has 196 valence electrons. The quantitative estimate of drug-likeness (QED) is 0.219. The maximum Gasteiger partial charge on any atom is 0.0601 e. The predicted molar refractivity (Wildman–Crippen MR) is 174 cm³/mol. The van der Waals surface area contributed by atoms with Gasteiger partial charge in [-0.1, -0.05) is 78.5 Å². The van der Waals surface area contributed by atoms with Gasteiger partial charge in [0.05, 0.1) is 22.4 Å². The molecule has 0 atom stereocenters. The minimum Gasteiger partial charge on any atom is -0.309 e. The zero-order chi connectivity index (χ0) is 27.5. The summed E-state index contributed by atoms with van der Waals surface area (Å²) in [6.45, 7) is 4.33. The molecular formula is C38H28N2S. The molecule has 41 heavy (non-hydrogen) atoms. The van der Waals surface area contributed by atoms with E-state index >= 15 is 0 Å². The van der Waals surface area contributed by atoms with Gasteiger partial charge in [0.15, 0.2) is 0 Å². The topological polar surface area (TPSA) is 8.17 Å². The van der Waals surface area contributed by atoms with E-state index in [0.29, 0.717) is 0 Å². The van der Waals surface area contributed by atoms with Crippen molar-refractivity contribution in [2.75, 3.05) is 4.90 Å². The molecule has 7 aromatic rings. The molecule has 2 heterocycles. The van der Waals surface area contributed by atoms with Crippen molar-refractivity contribution < 1.29 is 0 Å². The number of hydrogen-bond acceptors (Lipinski definition) is 2. The molecule has 3 heteroatoms. The van der Waals surface area contributed by atoms with Crippen LogP contribution in [0.4, 0.5) is 17.1 Å². The highest BCUT2D eigenvalue weighted by atomic mass is 32.2. The number of fused-ring (bicyclic) bond motifs is 5. The van der Waals surface area contributed by atoms with Gasteiger partial charge >= 0.3 is 0 Å². The summed E-state index contributed by atoms with van der Waals surface area (Å²) in [5, 5.41) is 2.54. The maximum atomic E-state index is 2.40. The Kier molecular flexibility index (Phi) is 5.54. The first-order valence-electron chi connectivity index (χ1n) is 14.0. The van der Waals surface area contributed by atoms with Crippen molar-refractivity contribution in [2.45, 2.75) is 23.6 Å². The third-order valence-corrected chi connectivity index (χ3v) is 9.17. The summed E-state index contributed by atoms with van der Waals surface area (Å²) in [6.07, 6.45) is 0. The fourth-order valence-corrected chi connectivity index (χ4v) is 7.37. The molecule has 0 unspecified atom stereocenters. The Bertz CT molecular complexity index is 2040. The summed E-state index contributed by atoms with van der Waals surface area (Å²) in [5.74, 6) is 0. The van der Waals surface area contributed by atoms with E-state index in [1.54, 1.807) is 0 Å². The van der Waals surface area contributed by atoms with E-state index in [1.165, 1.54) is 76.6 Å². The van der Waals surface area contributed by atoms with Gasteiger partial charge in [-0.25, -0.2) is 0 Å². The molecule has 1 aliphatic heterocycles. The molecule has 6 aromatic carbocycles. The number of benzene rings is 6. The molecule has 0 spiro atoms. The average Bonchev–Trinajstić information content (AvgIpc) is 3.34. The van der Waals surface area contributed by atoms with Gasteiger partial charge in [-0.2, -0.15) is 0 Å². The lowest BCUT2D eigenvalue weighted by Crippen LogP contribution is -2.15. The Labute approximate surface area is 244 Å². The number of para-hydroxylation sites is 2. The summed E-state index contributed by atoms with van der Waals surface area (Å²) >= 11 is 1.87. The third-order valence-electron chi connectivity index (χ3n) is 8.08.